The Kier molecular flexibility index (Phi) is 3.26. The Balaban J connectivity index is 2.78. The Morgan fingerprint density at radius 3 is 2.50 bits per heavy atom. The minimum atomic E-state index is -0.597. The Morgan fingerprint density at radius 2 is 2.07 bits per heavy atom. The summed E-state index contributed by atoms with van der Waals surface area (Å²) < 4.78 is 5.08. The molecule has 14 heavy (non-hydrogen) atoms. The summed E-state index contributed by atoms with van der Waals surface area (Å²) in [5, 5.41) is 13.4. The van der Waals surface area contributed by atoms with Gasteiger partial charge in [0.05, 0.1) is 0 Å². The summed E-state index contributed by atoms with van der Waals surface area (Å²) in [6, 6.07) is 0. The standard InChI is InChI=1S/C10H18N2O2/c1-5-6-7(13)8-11-9(14-12-8)10(2,3)4/h7,13H,5-6H2,1-4H3. The first-order valence-corrected chi connectivity index (χ1v) is 4.97. The van der Waals surface area contributed by atoms with E-state index in [0.29, 0.717) is 18.1 Å². The first kappa shape index (κ1) is 11.2. The van der Waals surface area contributed by atoms with Crippen LogP contribution in [0.5, 0.6) is 0 Å². The predicted octanol–water partition coefficient (Wildman–Crippen LogP) is 2.20. The van der Waals surface area contributed by atoms with Crippen molar-refractivity contribution in [2.45, 2.75) is 52.1 Å². The molecule has 0 saturated carbocycles. The zero-order chi connectivity index (χ0) is 10.8. The molecule has 0 spiro atoms. The van der Waals surface area contributed by atoms with Crippen LogP contribution in [0.2, 0.25) is 0 Å². The molecule has 0 fully saturated rings. The smallest absolute Gasteiger partial charge is 0.232 e. The molecule has 80 valence electrons. The van der Waals surface area contributed by atoms with Crippen molar-refractivity contribution in [2.75, 3.05) is 0 Å². The normalized spacial score (nSPS) is 14.4. The van der Waals surface area contributed by atoms with Gasteiger partial charge in [-0.1, -0.05) is 39.3 Å². The molecule has 0 amide bonds. The van der Waals surface area contributed by atoms with Gasteiger partial charge >= 0.3 is 0 Å². The maximum Gasteiger partial charge on any atom is 0.232 e. The van der Waals surface area contributed by atoms with E-state index in [1.807, 2.05) is 27.7 Å². The number of hydrogen-bond acceptors (Lipinski definition) is 4. The van der Waals surface area contributed by atoms with E-state index >= 15 is 0 Å². The maximum atomic E-state index is 9.61. The van der Waals surface area contributed by atoms with Crippen LogP contribution in [0, 0.1) is 0 Å². The molecule has 1 aromatic rings. The van der Waals surface area contributed by atoms with Crippen LogP contribution in [-0.4, -0.2) is 15.2 Å². The largest absolute Gasteiger partial charge is 0.385 e. The van der Waals surface area contributed by atoms with Gasteiger partial charge in [0.25, 0.3) is 0 Å². The van der Waals surface area contributed by atoms with Crippen LogP contribution < -0.4 is 0 Å². The van der Waals surface area contributed by atoms with Gasteiger partial charge < -0.3 is 9.63 Å². The summed E-state index contributed by atoms with van der Waals surface area (Å²) >= 11 is 0. The average molecular weight is 198 g/mol. The molecule has 0 aliphatic heterocycles. The third kappa shape index (κ3) is 2.54. The second-order valence-corrected chi connectivity index (χ2v) is 4.51. The van der Waals surface area contributed by atoms with Gasteiger partial charge in [-0.25, -0.2) is 0 Å². The Labute approximate surface area is 84.3 Å². The van der Waals surface area contributed by atoms with Crippen molar-refractivity contribution in [3.05, 3.63) is 11.7 Å². The van der Waals surface area contributed by atoms with E-state index in [1.165, 1.54) is 0 Å². The molecule has 0 aliphatic rings. The van der Waals surface area contributed by atoms with E-state index in [1.54, 1.807) is 0 Å². The summed E-state index contributed by atoms with van der Waals surface area (Å²) in [5.41, 5.74) is -0.156. The molecule has 4 heteroatoms. The van der Waals surface area contributed by atoms with Crippen LogP contribution in [0.1, 0.15) is 58.4 Å². The molecular weight excluding hydrogens is 180 g/mol. The highest BCUT2D eigenvalue weighted by atomic mass is 16.5. The maximum absolute atomic E-state index is 9.61. The van der Waals surface area contributed by atoms with Crippen molar-refractivity contribution in [1.29, 1.82) is 0 Å². The monoisotopic (exact) mass is 198 g/mol. The van der Waals surface area contributed by atoms with Gasteiger partial charge in [0.2, 0.25) is 5.89 Å². The van der Waals surface area contributed by atoms with Crippen LogP contribution in [0.25, 0.3) is 0 Å². The van der Waals surface area contributed by atoms with Crippen LogP contribution >= 0.6 is 0 Å². The highest BCUT2D eigenvalue weighted by Crippen LogP contribution is 2.22. The van der Waals surface area contributed by atoms with E-state index in [-0.39, 0.29) is 5.41 Å². The number of rotatable bonds is 3. The van der Waals surface area contributed by atoms with Crippen molar-refractivity contribution in [1.82, 2.24) is 10.1 Å². The van der Waals surface area contributed by atoms with Crippen LogP contribution in [-0.2, 0) is 5.41 Å². The second kappa shape index (κ2) is 4.09. The lowest BCUT2D eigenvalue weighted by Crippen LogP contribution is -2.11. The van der Waals surface area contributed by atoms with Gasteiger partial charge in [-0.05, 0) is 6.42 Å². The number of aliphatic hydroxyl groups is 1. The Morgan fingerprint density at radius 1 is 1.43 bits per heavy atom. The van der Waals surface area contributed by atoms with Crippen molar-refractivity contribution < 1.29 is 9.63 Å². The van der Waals surface area contributed by atoms with Crippen LogP contribution in [0.15, 0.2) is 4.52 Å². The van der Waals surface area contributed by atoms with E-state index < -0.39 is 6.10 Å². The van der Waals surface area contributed by atoms with Crippen molar-refractivity contribution in [3.63, 3.8) is 0 Å². The molecule has 1 atom stereocenters. The molecular formula is C10H18N2O2. The highest BCUT2D eigenvalue weighted by Gasteiger charge is 2.23. The van der Waals surface area contributed by atoms with Gasteiger partial charge in [0, 0.05) is 5.41 Å². The Bertz CT molecular complexity index is 289. The molecule has 0 aromatic carbocycles. The van der Waals surface area contributed by atoms with Gasteiger partial charge in [0.15, 0.2) is 5.82 Å². The lowest BCUT2D eigenvalue weighted by Gasteiger charge is -2.10. The van der Waals surface area contributed by atoms with Gasteiger partial charge in [-0.15, -0.1) is 0 Å². The lowest BCUT2D eigenvalue weighted by molar-refractivity contribution is 0.152. The molecule has 1 rings (SSSR count). The first-order chi connectivity index (χ1) is 6.45. The quantitative estimate of drug-likeness (QED) is 0.808. The topological polar surface area (TPSA) is 59.2 Å². The number of aromatic nitrogens is 2. The summed E-state index contributed by atoms with van der Waals surface area (Å²) in [4.78, 5) is 4.17. The van der Waals surface area contributed by atoms with Crippen LogP contribution in [0.3, 0.4) is 0 Å². The van der Waals surface area contributed by atoms with Gasteiger partial charge in [-0.2, -0.15) is 4.98 Å². The zero-order valence-electron chi connectivity index (χ0n) is 9.24. The molecule has 1 heterocycles. The Hall–Kier alpha value is -0.900. The number of hydrogen-bond donors (Lipinski definition) is 1. The first-order valence-electron chi connectivity index (χ1n) is 4.97. The number of nitrogens with zero attached hydrogens (tertiary/aromatic N) is 2. The molecule has 0 bridgehead atoms. The molecule has 1 aromatic heterocycles. The lowest BCUT2D eigenvalue weighted by atomic mass is 9.97. The van der Waals surface area contributed by atoms with Gasteiger partial charge in [0.1, 0.15) is 6.10 Å². The van der Waals surface area contributed by atoms with E-state index in [9.17, 15) is 5.11 Å². The third-order valence-corrected chi connectivity index (χ3v) is 1.94. The summed E-state index contributed by atoms with van der Waals surface area (Å²) in [5.74, 6) is 0.972. The summed E-state index contributed by atoms with van der Waals surface area (Å²) in [6.45, 7) is 8.00. The molecule has 1 unspecified atom stereocenters. The fourth-order valence-corrected chi connectivity index (χ4v) is 1.08. The van der Waals surface area contributed by atoms with E-state index in [2.05, 4.69) is 10.1 Å². The van der Waals surface area contributed by atoms with E-state index in [0.717, 1.165) is 6.42 Å². The van der Waals surface area contributed by atoms with E-state index in [4.69, 9.17) is 4.52 Å². The average Bonchev–Trinajstić information content (AvgIpc) is 2.51. The predicted molar refractivity (Wildman–Crippen MR) is 52.9 cm³/mol. The molecule has 0 aliphatic carbocycles. The zero-order valence-corrected chi connectivity index (χ0v) is 9.24. The fourth-order valence-electron chi connectivity index (χ4n) is 1.08. The van der Waals surface area contributed by atoms with Crippen molar-refractivity contribution in [2.24, 2.45) is 0 Å². The highest BCUT2D eigenvalue weighted by molar-refractivity contribution is 4.99. The van der Waals surface area contributed by atoms with Crippen molar-refractivity contribution in [3.8, 4) is 0 Å². The second-order valence-electron chi connectivity index (χ2n) is 4.51. The molecule has 4 nitrogen and oxygen atoms in total. The SMILES string of the molecule is CCCC(O)c1noc(C(C)(C)C)n1. The molecule has 0 radical (unpaired) electrons. The summed E-state index contributed by atoms with van der Waals surface area (Å²) in [7, 11) is 0. The summed E-state index contributed by atoms with van der Waals surface area (Å²) in [6.07, 6.45) is 0.976. The van der Waals surface area contributed by atoms with Crippen molar-refractivity contribution >= 4 is 0 Å². The number of aliphatic hydroxyl groups excluding tert-OH is 1. The minimum absolute atomic E-state index is 0.156. The third-order valence-electron chi connectivity index (χ3n) is 1.94. The molecule has 0 saturated heterocycles. The van der Waals surface area contributed by atoms with Crippen LogP contribution in [0.4, 0.5) is 0 Å². The fraction of sp³-hybridized carbons (Fsp3) is 0.800. The molecule has 1 N–H and O–H groups in total. The van der Waals surface area contributed by atoms with Gasteiger partial charge in [-0.3, -0.25) is 0 Å². The minimum Gasteiger partial charge on any atom is -0.385 e.